The van der Waals surface area contributed by atoms with Crippen LogP contribution in [0.2, 0.25) is 0 Å². The number of imide groups is 1. The molecule has 1 aromatic rings. The predicted octanol–water partition coefficient (Wildman–Crippen LogP) is 2.65. The van der Waals surface area contributed by atoms with E-state index in [2.05, 4.69) is 15.5 Å². The predicted molar refractivity (Wildman–Crippen MR) is 90.3 cm³/mol. The second-order valence-electron chi connectivity index (χ2n) is 6.97. The number of carbonyl (C=O) groups is 2. The summed E-state index contributed by atoms with van der Waals surface area (Å²) in [5.41, 5.74) is 0. The highest BCUT2D eigenvalue weighted by atomic mass is 16.3. The number of carbonyl (C=O) groups excluding carboxylic acids is 2. The van der Waals surface area contributed by atoms with Crippen molar-refractivity contribution >= 4 is 11.9 Å². The van der Waals surface area contributed by atoms with Gasteiger partial charge < -0.3 is 9.73 Å². The Kier molecular flexibility index (Phi) is 5.91. The molecule has 2 aliphatic rings. The van der Waals surface area contributed by atoms with Gasteiger partial charge in [-0.2, -0.15) is 0 Å². The molecule has 0 atom stereocenters. The van der Waals surface area contributed by atoms with Gasteiger partial charge >= 0.3 is 6.03 Å². The third-order valence-electron chi connectivity index (χ3n) is 4.88. The van der Waals surface area contributed by atoms with E-state index in [1.807, 2.05) is 0 Å². The number of nitrogens with zero attached hydrogens (tertiary/aromatic N) is 1. The van der Waals surface area contributed by atoms with Crippen molar-refractivity contribution in [1.29, 1.82) is 0 Å². The molecule has 24 heavy (non-hydrogen) atoms. The lowest BCUT2D eigenvalue weighted by Gasteiger charge is -2.33. The number of hydrogen-bond acceptors (Lipinski definition) is 4. The van der Waals surface area contributed by atoms with Crippen molar-refractivity contribution in [2.75, 3.05) is 13.1 Å². The Labute approximate surface area is 143 Å². The number of urea groups is 1. The van der Waals surface area contributed by atoms with Gasteiger partial charge in [-0.05, 0) is 43.7 Å². The van der Waals surface area contributed by atoms with E-state index in [4.69, 9.17) is 4.42 Å². The van der Waals surface area contributed by atoms with Crippen molar-refractivity contribution in [3.05, 3.63) is 24.2 Å². The molecule has 2 saturated carbocycles. The smallest absolute Gasteiger partial charge is 0.321 e. The van der Waals surface area contributed by atoms with E-state index < -0.39 is 6.03 Å². The van der Waals surface area contributed by atoms with Crippen LogP contribution in [0.25, 0.3) is 0 Å². The highest BCUT2D eigenvalue weighted by Crippen LogP contribution is 2.32. The summed E-state index contributed by atoms with van der Waals surface area (Å²) in [6, 6.07) is 3.57. The Bertz CT molecular complexity index is 534. The lowest BCUT2D eigenvalue weighted by Crippen LogP contribution is -2.48. The number of furan rings is 1. The van der Waals surface area contributed by atoms with Gasteiger partial charge in [0.05, 0.1) is 19.4 Å². The van der Waals surface area contributed by atoms with E-state index in [0.29, 0.717) is 18.3 Å². The summed E-state index contributed by atoms with van der Waals surface area (Å²) >= 11 is 0. The molecule has 0 radical (unpaired) electrons. The maximum Gasteiger partial charge on any atom is 0.321 e. The van der Waals surface area contributed by atoms with Crippen molar-refractivity contribution in [2.45, 2.75) is 57.5 Å². The first-order valence-corrected chi connectivity index (χ1v) is 9.05. The molecule has 1 aromatic heterocycles. The molecule has 0 aromatic carbocycles. The Morgan fingerprint density at radius 1 is 1.17 bits per heavy atom. The number of amides is 3. The van der Waals surface area contributed by atoms with Gasteiger partial charge in [0.15, 0.2) is 0 Å². The molecular weight excluding hydrogens is 306 g/mol. The first-order valence-electron chi connectivity index (χ1n) is 9.05. The molecule has 6 nitrogen and oxygen atoms in total. The summed E-state index contributed by atoms with van der Waals surface area (Å²) < 4.78 is 5.15. The van der Waals surface area contributed by atoms with Crippen molar-refractivity contribution < 1.29 is 14.0 Å². The number of rotatable bonds is 7. The average molecular weight is 333 g/mol. The fourth-order valence-corrected chi connectivity index (χ4v) is 3.40. The zero-order valence-electron chi connectivity index (χ0n) is 14.1. The van der Waals surface area contributed by atoms with Crippen molar-refractivity contribution in [3.63, 3.8) is 0 Å². The minimum absolute atomic E-state index is 0.224. The average Bonchev–Trinajstić information content (AvgIpc) is 3.24. The van der Waals surface area contributed by atoms with Gasteiger partial charge in [0, 0.05) is 12.6 Å². The molecule has 0 aliphatic heterocycles. The third-order valence-corrected chi connectivity index (χ3v) is 4.88. The fourth-order valence-electron chi connectivity index (χ4n) is 3.40. The minimum atomic E-state index is -0.466. The van der Waals surface area contributed by atoms with Gasteiger partial charge in [-0.1, -0.05) is 19.3 Å². The van der Waals surface area contributed by atoms with Crippen LogP contribution in [0.4, 0.5) is 4.79 Å². The largest absolute Gasteiger partial charge is 0.467 e. The van der Waals surface area contributed by atoms with Crippen LogP contribution >= 0.6 is 0 Å². The molecule has 0 bridgehead atoms. The van der Waals surface area contributed by atoms with Crippen molar-refractivity contribution in [3.8, 4) is 0 Å². The van der Waals surface area contributed by atoms with Gasteiger partial charge in [0.1, 0.15) is 5.76 Å². The molecule has 0 spiro atoms. The molecule has 0 saturated heterocycles. The van der Waals surface area contributed by atoms with Gasteiger partial charge in [-0.15, -0.1) is 0 Å². The molecule has 6 heteroatoms. The van der Waals surface area contributed by atoms with Crippen molar-refractivity contribution in [1.82, 2.24) is 15.5 Å². The van der Waals surface area contributed by atoms with Crippen LogP contribution < -0.4 is 10.6 Å². The van der Waals surface area contributed by atoms with E-state index in [1.54, 1.807) is 18.4 Å². The van der Waals surface area contributed by atoms with Crippen LogP contribution in [-0.4, -0.2) is 36.0 Å². The van der Waals surface area contributed by atoms with E-state index >= 15 is 0 Å². The third kappa shape index (κ3) is 5.37. The first-order chi connectivity index (χ1) is 11.7. The van der Waals surface area contributed by atoms with E-state index in [1.165, 1.54) is 44.9 Å². The maximum atomic E-state index is 12.2. The van der Waals surface area contributed by atoms with Crippen LogP contribution in [0, 0.1) is 5.92 Å². The number of nitrogens with one attached hydrogen (secondary N) is 2. The fraction of sp³-hybridized carbons (Fsp3) is 0.667. The van der Waals surface area contributed by atoms with Crippen LogP contribution in [0.5, 0.6) is 0 Å². The topological polar surface area (TPSA) is 74.6 Å². The zero-order chi connectivity index (χ0) is 16.8. The molecule has 3 rings (SSSR count). The molecular formula is C18H27N3O3. The second-order valence-corrected chi connectivity index (χ2v) is 6.97. The summed E-state index contributed by atoms with van der Waals surface area (Å²) in [6.45, 7) is 1.59. The van der Waals surface area contributed by atoms with E-state index in [9.17, 15) is 9.59 Å². The van der Waals surface area contributed by atoms with E-state index in [-0.39, 0.29) is 12.5 Å². The summed E-state index contributed by atoms with van der Waals surface area (Å²) in [4.78, 5) is 26.4. The summed E-state index contributed by atoms with van der Waals surface area (Å²) in [7, 11) is 0. The highest BCUT2D eigenvalue weighted by molar-refractivity contribution is 5.95. The Hall–Kier alpha value is -1.82. The lowest BCUT2D eigenvalue weighted by atomic mass is 9.94. The normalized spacial score (nSPS) is 18.5. The van der Waals surface area contributed by atoms with Crippen LogP contribution in [0.1, 0.15) is 50.7 Å². The van der Waals surface area contributed by atoms with Crippen LogP contribution in [0.3, 0.4) is 0 Å². The van der Waals surface area contributed by atoms with Gasteiger partial charge in [0.25, 0.3) is 0 Å². The Morgan fingerprint density at radius 3 is 2.62 bits per heavy atom. The second kappa shape index (κ2) is 8.33. The quantitative estimate of drug-likeness (QED) is 0.804. The summed E-state index contributed by atoms with van der Waals surface area (Å²) in [5.74, 6) is 1.18. The molecule has 1 heterocycles. The SMILES string of the molecule is O=C(CN(CC1CC1)C1CCCCC1)NC(=O)NCc1ccco1. The van der Waals surface area contributed by atoms with Gasteiger partial charge in [-0.3, -0.25) is 15.0 Å². The molecule has 2 aliphatic carbocycles. The van der Waals surface area contributed by atoms with Gasteiger partial charge in [0.2, 0.25) is 5.91 Å². The number of hydrogen-bond donors (Lipinski definition) is 2. The van der Waals surface area contributed by atoms with Gasteiger partial charge in [-0.25, -0.2) is 4.79 Å². The van der Waals surface area contributed by atoms with Crippen molar-refractivity contribution in [2.24, 2.45) is 5.92 Å². The molecule has 3 amide bonds. The van der Waals surface area contributed by atoms with E-state index in [0.717, 1.165) is 12.5 Å². The monoisotopic (exact) mass is 333 g/mol. The zero-order valence-corrected chi connectivity index (χ0v) is 14.1. The standard InChI is InChI=1S/C18H27N3O3/c22-17(20-18(23)19-11-16-7-4-10-24-16)13-21(12-14-8-9-14)15-5-2-1-3-6-15/h4,7,10,14-15H,1-3,5-6,8-9,11-13H2,(H2,19,20,22,23). The lowest BCUT2D eigenvalue weighted by molar-refractivity contribution is -0.122. The van der Waals surface area contributed by atoms with Crippen LogP contribution in [-0.2, 0) is 11.3 Å². The Balaban J connectivity index is 1.44. The minimum Gasteiger partial charge on any atom is -0.467 e. The summed E-state index contributed by atoms with van der Waals surface area (Å²) in [5, 5.41) is 5.07. The molecule has 2 N–H and O–H groups in total. The first kappa shape index (κ1) is 17.0. The Morgan fingerprint density at radius 2 is 1.96 bits per heavy atom. The highest BCUT2D eigenvalue weighted by Gasteiger charge is 2.30. The summed E-state index contributed by atoms with van der Waals surface area (Å²) in [6.07, 6.45) is 10.2. The molecule has 0 unspecified atom stereocenters. The molecule has 2 fully saturated rings. The van der Waals surface area contributed by atoms with Crippen LogP contribution in [0.15, 0.2) is 22.8 Å². The molecule has 132 valence electrons. The maximum absolute atomic E-state index is 12.2.